The molecule has 0 saturated carbocycles. The molecule has 0 atom stereocenters. The van der Waals surface area contributed by atoms with Crippen LogP contribution in [0.4, 0.5) is 18.9 Å². The van der Waals surface area contributed by atoms with Crippen molar-refractivity contribution in [2.75, 3.05) is 5.32 Å². The lowest BCUT2D eigenvalue weighted by Crippen LogP contribution is -2.23. The smallest absolute Gasteiger partial charge is 0.288 e. The van der Waals surface area contributed by atoms with Gasteiger partial charge in [-0.2, -0.15) is 13.9 Å². The summed E-state index contributed by atoms with van der Waals surface area (Å²) in [6.45, 7) is 0. The summed E-state index contributed by atoms with van der Waals surface area (Å²) in [5.74, 6) is -2.80. The average molecular weight is 355 g/mol. The van der Waals surface area contributed by atoms with Crippen molar-refractivity contribution >= 4 is 41.0 Å². The molecule has 23 heavy (non-hydrogen) atoms. The van der Waals surface area contributed by atoms with Gasteiger partial charge in [-0.05, 0) is 54.2 Å². The van der Waals surface area contributed by atoms with Crippen molar-refractivity contribution in [3.8, 4) is 0 Å². The first-order valence-electron chi connectivity index (χ1n) is 6.43. The lowest BCUT2D eigenvalue weighted by molar-refractivity contribution is 0.252. The maximum Gasteiger partial charge on any atom is 0.288 e. The summed E-state index contributed by atoms with van der Waals surface area (Å²) >= 11 is 5.52. The third-order valence-corrected chi connectivity index (χ3v) is 3.48. The van der Waals surface area contributed by atoms with Crippen molar-refractivity contribution < 1.29 is 13.2 Å². The first-order valence-corrected chi connectivity index (χ1v) is 7.72. The van der Waals surface area contributed by atoms with Gasteiger partial charge in [0.05, 0.1) is 6.21 Å². The van der Waals surface area contributed by atoms with E-state index in [0.29, 0.717) is 27.9 Å². The summed E-state index contributed by atoms with van der Waals surface area (Å²) in [4.78, 5) is 0.466. The highest BCUT2D eigenvalue weighted by molar-refractivity contribution is 7.99. The van der Waals surface area contributed by atoms with E-state index in [4.69, 9.17) is 12.2 Å². The molecule has 0 aromatic heterocycles. The molecular formula is C15H12F3N3S2. The van der Waals surface area contributed by atoms with E-state index in [1.807, 2.05) is 0 Å². The van der Waals surface area contributed by atoms with Crippen LogP contribution >= 0.6 is 24.0 Å². The molecule has 0 saturated heterocycles. The molecule has 0 bridgehead atoms. The molecule has 0 aliphatic rings. The predicted octanol–water partition coefficient (Wildman–Crippen LogP) is 4.46. The maximum atomic E-state index is 13.0. The second-order valence-corrected chi connectivity index (χ2v) is 5.75. The summed E-state index contributed by atoms with van der Waals surface area (Å²) in [6, 6.07) is 12.4. The number of hydrogen-bond donors (Lipinski definition) is 2. The van der Waals surface area contributed by atoms with E-state index in [0.717, 1.165) is 0 Å². The summed E-state index contributed by atoms with van der Waals surface area (Å²) < 4.78 is 37.4. The molecule has 0 heterocycles. The summed E-state index contributed by atoms with van der Waals surface area (Å²) in [5, 5.41) is 6.97. The molecule has 0 amide bonds. The van der Waals surface area contributed by atoms with E-state index in [1.165, 1.54) is 18.3 Å². The molecule has 0 radical (unpaired) electrons. The van der Waals surface area contributed by atoms with Gasteiger partial charge in [-0.3, -0.25) is 5.43 Å². The first kappa shape index (κ1) is 17.3. The zero-order valence-electron chi connectivity index (χ0n) is 11.7. The van der Waals surface area contributed by atoms with E-state index < -0.39 is 5.76 Å². The molecule has 2 aromatic carbocycles. The minimum absolute atomic E-state index is 0.229. The minimum atomic E-state index is -2.45. The van der Waals surface area contributed by atoms with Crippen LogP contribution in [-0.2, 0) is 0 Å². The fourth-order valence-corrected chi connectivity index (χ4v) is 2.30. The van der Waals surface area contributed by atoms with Gasteiger partial charge in [-0.15, -0.1) is 0 Å². The van der Waals surface area contributed by atoms with Gasteiger partial charge in [-0.25, -0.2) is 4.39 Å². The van der Waals surface area contributed by atoms with Crippen LogP contribution in [0.2, 0.25) is 0 Å². The number of nitrogens with zero attached hydrogens (tertiary/aromatic N) is 1. The van der Waals surface area contributed by atoms with Crippen LogP contribution in [-0.4, -0.2) is 17.1 Å². The Balaban J connectivity index is 1.84. The second kappa shape index (κ2) is 8.54. The Hall–Kier alpha value is -2.06. The summed E-state index contributed by atoms with van der Waals surface area (Å²) in [6.07, 6.45) is 1.43. The Labute approximate surface area is 141 Å². The number of anilines is 1. The Morgan fingerprint density at radius 2 is 1.91 bits per heavy atom. The lowest BCUT2D eigenvalue weighted by atomic mass is 10.2. The summed E-state index contributed by atoms with van der Waals surface area (Å²) in [7, 11) is 0. The molecule has 0 fully saturated rings. The van der Waals surface area contributed by atoms with Crippen molar-refractivity contribution in [1.82, 2.24) is 5.43 Å². The molecule has 120 valence electrons. The zero-order chi connectivity index (χ0) is 16.7. The zero-order valence-corrected chi connectivity index (χ0v) is 13.3. The Morgan fingerprint density at radius 1 is 1.17 bits per heavy atom. The van der Waals surface area contributed by atoms with Gasteiger partial charge in [0.25, 0.3) is 5.76 Å². The summed E-state index contributed by atoms with van der Waals surface area (Å²) in [5.41, 5.74) is 3.82. The third-order valence-electron chi connectivity index (χ3n) is 2.57. The third kappa shape index (κ3) is 6.29. The number of hydrogen-bond acceptors (Lipinski definition) is 3. The Bertz CT molecular complexity index is 691. The molecule has 0 unspecified atom stereocenters. The SMILES string of the molecule is Fc1cccc(/C=N\NC(=S)Nc2ccc(SC(F)F)cc2)c1. The molecule has 0 spiro atoms. The molecular weight excluding hydrogens is 343 g/mol. The van der Waals surface area contributed by atoms with Crippen LogP contribution in [0.25, 0.3) is 0 Å². The Kier molecular flexibility index (Phi) is 6.42. The number of halogens is 3. The number of alkyl halides is 2. The van der Waals surface area contributed by atoms with E-state index in [9.17, 15) is 13.2 Å². The number of hydrazone groups is 1. The fraction of sp³-hybridized carbons (Fsp3) is 0.0667. The van der Waals surface area contributed by atoms with Crippen LogP contribution < -0.4 is 10.7 Å². The van der Waals surface area contributed by atoms with Gasteiger partial charge in [0.1, 0.15) is 5.82 Å². The standard InChI is InChI=1S/C15H12F3N3S2/c16-11-3-1-2-10(8-11)9-19-21-15(22)20-12-4-6-13(7-5-12)23-14(17)18/h1-9,14H,(H2,20,21,22)/b19-9-. The first-order chi connectivity index (χ1) is 11.0. The van der Waals surface area contributed by atoms with Crippen LogP contribution in [0.3, 0.4) is 0 Å². The van der Waals surface area contributed by atoms with Gasteiger partial charge < -0.3 is 5.32 Å². The van der Waals surface area contributed by atoms with Crippen LogP contribution in [0.15, 0.2) is 58.5 Å². The lowest BCUT2D eigenvalue weighted by Gasteiger charge is -2.07. The highest BCUT2D eigenvalue weighted by atomic mass is 32.2. The number of nitrogens with one attached hydrogen (secondary N) is 2. The van der Waals surface area contributed by atoms with E-state index in [1.54, 1.807) is 36.4 Å². The van der Waals surface area contributed by atoms with Crippen LogP contribution in [0.5, 0.6) is 0 Å². The molecule has 8 heteroatoms. The highest BCUT2D eigenvalue weighted by Crippen LogP contribution is 2.26. The number of thiocarbonyl (C=S) groups is 1. The monoisotopic (exact) mass is 355 g/mol. The maximum absolute atomic E-state index is 13.0. The number of thioether (sulfide) groups is 1. The molecule has 3 nitrogen and oxygen atoms in total. The van der Waals surface area contributed by atoms with Gasteiger partial charge in [0.2, 0.25) is 0 Å². The molecule has 0 aliphatic heterocycles. The molecule has 0 aliphatic carbocycles. The fourth-order valence-electron chi connectivity index (χ4n) is 1.63. The molecule has 2 N–H and O–H groups in total. The second-order valence-electron chi connectivity index (χ2n) is 4.28. The van der Waals surface area contributed by atoms with Crippen molar-refractivity contribution in [3.63, 3.8) is 0 Å². The largest absolute Gasteiger partial charge is 0.331 e. The quantitative estimate of drug-likeness (QED) is 0.359. The molecule has 2 aromatic rings. The van der Waals surface area contributed by atoms with Crippen LogP contribution in [0, 0.1) is 5.82 Å². The van der Waals surface area contributed by atoms with Crippen molar-refractivity contribution in [3.05, 3.63) is 59.9 Å². The van der Waals surface area contributed by atoms with Crippen molar-refractivity contribution in [2.45, 2.75) is 10.7 Å². The highest BCUT2D eigenvalue weighted by Gasteiger charge is 2.05. The van der Waals surface area contributed by atoms with E-state index in [2.05, 4.69) is 15.8 Å². The number of rotatable bonds is 5. The van der Waals surface area contributed by atoms with E-state index in [-0.39, 0.29) is 10.9 Å². The van der Waals surface area contributed by atoms with Gasteiger partial charge in [-0.1, -0.05) is 23.9 Å². The van der Waals surface area contributed by atoms with Gasteiger partial charge in [0, 0.05) is 10.6 Å². The predicted molar refractivity (Wildman–Crippen MR) is 91.7 cm³/mol. The van der Waals surface area contributed by atoms with Gasteiger partial charge in [0.15, 0.2) is 5.11 Å². The van der Waals surface area contributed by atoms with Crippen molar-refractivity contribution in [2.24, 2.45) is 5.10 Å². The van der Waals surface area contributed by atoms with Gasteiger partial charge >= 0.3 is 0 Å². The Morgan fingerprint density at radius 3 is 2.57 bits per heavy atom. The minimum Gasteiger partial charge on any atom is -0.331 e. The average Bonchev–Trinajstić information content (AvgIpc) is 2.49. The van der Waals surface area contributed by atoms with Crippen LogP contribution in [0.1, 0.15) is 5.56 Å². The molecule has 2 rings (SSSR count). The van der Waals surface area contributed by atoms with E-state index >= 15 is 0 Å². The topological polar surface area (TPSA) is 36.4 Å². The number of benzene rings is 2. The normalized spacial score (nSPS) is 11.0. The van der Waals surface area contributed by atoms with Crippen molar-refractivity contribution in [1.29, 1.82) is 0 Å².